The van der Waals surface area contributed by atoms with E-state index in [9.17, 15) is 4.79 Å². The third kappa shape index (κ3) is 3.32. The van der Waals surface area contributed by atoms with Crippen LogP contribution in [0.15, 0.2) is 0 Å². The molecule has 2 aliphatic rings. The van der Waals surface area contributed by atoms with Crippen molar-refractivity contribution in [2.75, 3.05) is 33.9 Å². The SMILES string of the molecule is COC(=O)C1(N)CCCC1CCN(C)C1CCOCC1. The van der Waals surface area contributed by atoms with Crippen LogP contribution < -0.4 is 5.73 Å². The Hall–Kier alpha value is -0.650. The standard InChI is InChI=1S/C15H28N2O3/c1-17(13-6-10-20-11-7-13)9-5-12-4-3-8-15(12,16)14(18)19-2/h12-13H,3-11,16H2,1-2H3. The molecule has 1 saturated carbocycles. The fourth-order valence-corrected chi connectivity index (χ4v) is 3.63. The van der Waals surface area contributed by atoms with Gasteiger partial charge < -0.3 is 20.1 Å². The Morgan fingerprint density at radius 1 is 1.40 bits per heavy atom. The maximum absolute atomic E-state index is 11.9. The number of hydrogen-bond donors (Lipinski definition) is 1. The van der Waals surface area contributed by atoms with Gasteiger partial charge in [-0.15, -0.1) is 0 Å². The van der Waals surface area contributed by atoms with E-state index < -0.39 is 5.54 Å². The fourth-order valence-electron chi connectivity index (χ4n) is 3.63. The average Bonchev–Trinajstić information content (AvgIpc) is 2.87. The van der Waals surface area contributed by atoms with Gasteiger partial charge in [-0.05, 0) is 51.6 Å². The van der Waals surface area contributed by atoms with Crippen LogP contribution in [-0.2, 0) is 14.3 Å². The van der Waals surface area contributed by atoms with Crippen LogP contribution >= 0.6 is 0 Å². The molecule has 5 heteroatoms. The first-order valence-electron chi connectivity index (χ1n) is 7.73. The molecule has 0 amide bonds. The van der Waals surface area contributed by atoms with Crippen molar-refractivity contribution in [3.05, 3.63) is 0 Å². The van der Waals surface area contributed by atoms with E-state index in [4.69, 9.17) is 15.2 Å². The van der Waals surface area contributed by atoms with Crippen LogP contribution in [0.3, 0.4) is 0 Å². The summed E-state index contributed by atoms with van der Waals surface area (Å²) in [5.41, 5.74) is 5.55. The number of carbonyl (C=O) groups excluding carboxylic acids is 1. The second-order valence-corrected chi connectivity index (χ2v) is 6.23. The zero-order chi connectivity index (χ0) is 14.6. The minimum absolute atomic E-state index is 0.242. The normalized spacial score (nSPS) is 31.7. The molecular weight excluding hydrogens is 256 g/mol. The average molecular weight is 284 g/mol. The molecular formula is C15H28N2O3. The molecule has 5 nitrogen and oxygen atoms in total. The molecule has 2 unspecified atom stereocenters. The van der Waals surface area contributed by atoms with Crippen molar-refractivity contribution in [3.63, 3.8) is 0 Å². The third-order valence-corrected chi connectivity index (χ3v) is 5.08. The first kappa shape index (κ1) is 15.7. The van der Waals surface area contributed by atoms with Crippen LogP contribution in [0.2, 0.25) is 0 Å². The van der Waals surface area contributed by atoms with Crippen molar-refractivity contribution in [2.24, 2.45) is 11.7 Å². The van der Waals surface area contributed by atoms with Crippen LogP contribution in [-0.4, -0.2) is 56.4 Å². The van der Waals surface area contributed by atoms with Gasteiger partial charge in [0.2, 0.25) is 0 Å². The highest BCUT2D eigenvalue weighted by Gasteiger charge is 2.46. The van der Waals surface area contributed by atoms with E-state index in [0.717, 1.165) is 58.3 Å². The van der Waals surface area contributed by atoms with Crippen molar-refractivity contribution >= 4 is 5.97 Å². The Kier molecular flexibility index (Phi) is 5.41. The predicted molar refractivity (Wildman–Crippen MR) is 77.4 cm³/mol. The van der Waals surface area contributed by atoms with Gasteiger partial charge in [0.1, 0.15) is 5.54 Å². The molecule has 2 atom stereocenters. The predicted octanol–water partition coefficient (Wildman–Crippen LogP) is 1.16. The van der Waals surface area contributed by atoms with Gasteiger partial charge in [0, 0.05) is 19.3 Å². The van der Waals surface area contributed by atoms with Gasteiger partial charge in [-0.25, -0.2) is 0 Å². The molecule has 0 radical (unpaired) electrons. The molecule has 116 valence electrons. The topological polar surface area (TPSA) is 64.8 Å². The lowest BCUT2D eigenvalue weighted by Gasteiger charge is -2.34. The van der Waals surface area contributed by atoms with E-state index in [2.05, 4.69) is 11.9 Å². The molecule has 1 saturated heterocycles. The Balaban J connectivity index is 1.84. The minimum atomic E-state index is -0.759. The van der Waals surface area contributed by atoms with E-state index in [1.807, 2.05) is 0 Å². The summed E-state index contributed by atoms with van der Waals surface area (Å²) in [7, 11) is 3.60. The van der Waals surface area contributed by atoms with Crippen LogP contribution in [0, 0.1) is 5.92 Å². The highest BCUT2D eigenvalue weighted by Crippen LogP contribution is 2.37. The Labute approximate surface area is 121 Å². The van der Waals surface area contributed by atoms with Crippen molar-refractivity contribution in [1.82, 2.24) is 4.90 Å². The number of esters is 1. The molecule has 2 rings (SSSR count). The van der Waals surface area contributed by atoms with Gasteiger partial charge in [-0.3, -0.25) is 4.79 Å². The zero-order valence-electron chi connectivity index (χ0n) is 12.8. The van der Waals surface area contributed by atoms with E-state index in [0.29, 0.717) is 6.04 Å². The second kappa shape index (κ2) is 6.87. The largest absolute Gasteiger partial charge is 0.468 e. The molecule has 0 aromatic rings. The number of ether oxygens (including phenoxy) is 2. The highest BCUT2D eigenvalue weighted by molar-refractivity contribution is 5.81. The molecule has 1 aliphatic carbocycles. The second-order valence-electron chi connectivity index (χ2n) is 6.23. The van der Waals surface area contributed by atoms with Crippen molar-refractivity contribution in [2.45, 2.75) is 50.1 Å². The number of methoxy groups -OCH3 is 1. The van der Waals surface area contributed by atoms with Gasteiger partial charge in [0.15, 0.2) is 0 Å². The number of hydrogen-bond acceptors (Lipinski definition) is 5. The van der Waals surface area contributed by atoms with E-state index in [1.165, 1.54) is 7.11 Å². The maximum atomic E-state index is 11.9. The molecule has 20 heavy (non-hydrogen) atoms. The summed E-state index contributed by atoms with van der Waals surface area (Å²) >= 11 is 0. The zero-order valence-corrected chi connectivity index (χ0v) is 12.8. The summed E-state index contributed by atoms with van der Waals surface area (Å²) in [4.78, 5) is 14.3. The van der Waals surface area contributed by atoms with Crippen molar-refractivity contribution in [1.29, 1.82) is 0 Å². The van der Waals surface area contributed by atoms with E-state index in [-0.39, 0.29) is 11.9 Å². The Morgan fingerprint density at radius 3 is 2.75 bits per heavy atom. The fraction of sp³-hybridized carbons (Fsp3) is 0.933. The van der Waals surface area contributed by atoms with Gasteiger partial charge in [-0.2, -0.15) is 0 Å². The maximum Gasteiger partial charge on any atom is 0.326 e. The number of rotatable bonds is 5. The van der Waals surface area contributed by atoms with Crippen molar-refractivity contribution in [3.8, 4) is 0 Å². The molecule has 0 spiro atoms. The summed E-state index contributed by atoms with van der Waals surface area (Å²) in [5, 5.41) is 0. The number of nitrogens with zero attached hydrogens (tertiary/aromatic N) is 1. The van der Waals surface area contributed by atoms with Gasteiger partial charge in [0.05, 0.1) is 7.11 Å². The van der Waals surface area contributed by atoms with Crippen molar-refractivity contribution < 1.29 is 14.3 Å². The summed E-state index contributed by atoms with van der Waals surface area (Å²) in [6, 6.07) is 0.607. The molecule has 2 fully saturated rings. The number of carbonyl (C=O) groups is 1. The molecule has 0 aromatic heterocycles. The smallest absolute Gasteiger partial charge is 0.326 e. The lowest BCUT2D eigenvalue weighted by molar-refractivity contribution is -0.148. The molecule has 1 aliphatic heterocycles. The quantitative estimate of drug-likeness (QED) is 0.767. The lowest BCUT2D eigenvalue weighted by atomic mass is 9.85. The highest BCUT2D eigenvalue weighted by atomic mass is 16.5. The first-order valence-corrected chi connectivity index (χ1v) is 7.73. The van der Waals surface area contributed by atoms with E-state index in [1.54, 1.807) is 0 Å². The number of nitrogens with two attached hydrogens (primary N) is 1. The van der Waals surface area contributed by atoms with Crippen LogP contribution in [0.5, 0.6) is 0 Å². The third-order valence-electron chi connectivity index (χ3n) is 5.08. The monoisotopic (exact) mass is 284 g/mol. The first-order chi connectivity index (χ1) is 9.58. The van der Waals surface area contributed by atoms with Crippen LogP contribution in [0.4, 0.5) is 0 Å². The van der Waals surface area contributed by atoms with Gasteiger partial charge >= 0.3 is 5.97 Å². The summed E-state index contributed by atoms with van der Waals surface area (Å²) < 4.78 is 10.3. The van der Waals surface area contributed by atoms with Gasteiger partial charge in [-0.1, -0.05) is 6.42 Å². The van der Waals surface area contributed by atoms with Crippen LogP contribution in [0.1, 0.15) is 38.5 Å². The molecule has 2 N–H and O–H groups in total. The Bertz CT molecular complexity index is 331. The molecule has 0 bridgehead atoms. The van der Waals surface area contributed by atoms with Gasteiger partial charge in [0.25, 0.3) is 0 Å². The molecule has 0 aromatic carbocycles. The summed E-state index contributed by atoms with van der Waals surface area (Å²) in [6.07, 6.45) is 5.99. The summed E-state index contributed by atoms with van der Waals surface area (Å²) in [6.45, 7) is 2.72. The Morgan fingerprint density at radius 2 is 2.10 bits per heavy atom. The molecule has 1 heterocycles. The lowest BCUT2D eigenvalue weighted by Crippen LogP contribution is -2.52. The summed E-state index contributed by atoms with van der Waals surface area (Å²) in [5.74, 6) is 0.00552. The minimum Gasteiger partial charge on any atom is -0.468 e. The van der Waals surface area contributed by atoms with E-state index >= 15 is 0 Å². The van der Waals surface area contributed by atoms with Crippen LogP contribution in [0.25, 0.3) is 0 Å².